The Bertz CT molecular complexity index is 4800. The quantitative estimate of drug-likeness (QED) is 0.114. The molecular weight excluding hydrogens is 1220 g/mol. The summed E-state index contributed by atoms with van der Waals surface area (Å²) in [7, 11) is 0. The van der Waals surface area contributed by atoms with Gasteiger partial charge in [-0.25, -0.2) is 9.97 Å². The zero-order chi connectivity index (χ0) is 56.8. The van der Waals surface area contributed by atoms with E-state index in [9.17, 15) is 0 Å². The van der Waals surface area contributed by atoms with Crippen molar-refractivity contribution in [3.05, 3.63) is 307 Å². The average Bonchev–Trinajstić information content (AvgIpc) is 2.29. The van der Waals surface area contributed by atoms with Crippen LogP contribution in [0.4, 0.5) is 0 Å². The molecule has 0 saturated carbocycles. The smallest absolute Gasteiger partial charge is 0.244 e. The molecule has 0 bridgehead atoms. The van der Waals surface area contributed by atoms with Crippen LogP contribution in [0.2, 0.25) is 0 Å². The maximum atomic E-state index is 6.84. The Balaban J connectivity index is 0.907. The molecule has 0 atom stereocenters. The minimum Gasteiger partial charge on any atom is -0.244 e. The van der Waals surface area contributed by atoms with E-state index in [4.69, 9.17) is 9.72 Å². The molecule has 0 amide bonds. The molecular formula is C77H50N6OPt-2. The van der Waals surface area contributed by atoms with Gasteiger partial charge in [0, 0.05) is 29.7 Å². The van der Waals surface area contributed by atoms with E-state index >= 15 is 0 Å². The number of ether oxygens (including phenoxy) is 1. The number of nitrogens with zero attached hydrogens (tertiary/aromatic N) is 6. The normalized spacial score (nSPS) is 11.4. The summed E-state index contributed by atoms with van der Waals surface area (Å²) in [6.45, 7) is 2.09. The summed E-state index contributed by atoms with van der Waals surface area (Å²) < 4.78 is 14.7. The Labute approximate surface area is 503 Å². The number of aromatic nitrogens is 6. The molecule has 0 aliphatic rings. The number of pyridine rings is 1. The van der Waals surface area contributed by atoms with E-state index in [0.717, 1.165) is 137 Å². The number of para-hydroxylation sites is 4. The van der Waals surface area contributed by atoms with Gasteiger partial charge in [0.1, 0.15) is 6.33 Å². The minimum atomic E-state index is 0.554. The second kappa shape index (κ2) is 22.0. The van der Waals surface area contributed by atoms with Crippen molar-refractivity contribution in [3.8, 4) is 107 Å². The Morgan fingerprint density at radius 1 is 0.365 bits per heavy atom. The van der Waals surface area contributed by atoms with E-state index < -0.39 is 0 Å². The molecule has 0 spiro atoms. The van der Waals surface area contributed by atoms with Crippen LogP contribution in [-0.2, 0) is 19.4 Å². The first-order chi connectivity index (χ1) is 42.0. The molecule has 4 aromatic heterocycles. The van der Waals surface area contributed by atoms with Gasteiger partial charge in [-0.1, -0.05) is 12.1 Å². The monoisotopic (exact) mass is 1270 g/mol. The summed E-state index contributed by atoms with van der Waals surface area (Å²) in [6.07, 6.45) is 7.07. The van der Waals surface area contributed by atoms with E-state index in [2.05, 4.69) is 305 Å². The van der Waals surface area contributed by atoms with Crippen molar-refractivity contribution in [3.63, 3.8) is 0 Å². The maximum absolute atomic E-state index is 6.84. The van der Waals surface area contributed by atoms with Gasteiger partial charge in [0.15, 0.2) is 0 Å². The molecule has 0 saturated heterocycles. The zero-order valence-corrected chi connectivity index (χ0v) is 48.3. The number of rotatable bonds is 12. The molecule has 15 aromatic rings. The first kappa shape index (κ1) is 51.3. The zero-order valence-electron chi connectivity index (χ0n) is 46.0. The van der Waals surface area contributed by atoms with Gasteiger partial charge in [0.05, 0.1) is 0 Å². The van der Waals surface area contributed by atoms with Crippen LogP contribution in [0.25, 0.3) is 128 Å². The third-order valence-electron chi connectivity index (χ3n) is 15.8. The van der Waals surface area contributed by atoms with Crippen molar-refractivity contribution in [1.82, 2.24) is 28.7 Å². The fourth-order valence-corrected chi connectivity index (χ4v) is 13.0. The fraction of sp³-hybridized carbons (Fsp3) is 0.0130. The van der Waals surface area contributed by atoms with E-state index in [1.54, 1.807) is 6.33 Å². The van der Waals surface area contributed by atoms with Gasteiger partial charge in [-0.2, -0.15) is 0 Å². The number of hydrogen-bond acceptors (Lipinski definition) is 4. The second-order valence-electron chi connectivity index (χ2n) is 21.1. The van der Waals surface area contributed by atoms with E-state index in [0.29, 0.717) is 11.5 Å². The van der Waals surface area contributed by atoms with Gasteiger partial charge < -0.3 is 0 Å². The number of benzene rings is 11. The van der Waals surface area contributed by atoms with Crippen molar-refractivity contribution in [1.29, 1.82) is 0 Å². The first-order valence-electron chi connectivity index (χ1n) is 28.2. The third kappa shape index (κ3) is 9.61. The molecule has 4 heterocycles. The van der Waals surface area contributed by atoms with Crippen LogP contribution in [0, 0.1) is 22.9 Å². The predicted octanol–water partition coefficient (Wildman–Crippen LogP) is 19.2. The number of imidazole rings is 1. The van der Waals surface area contributed by atoms with Crippen LogP contribution >= 0.6 is 0 Å². The SMILES string of the molecule is Cc1cc(-n2c3[c-]c(Oc4[c-]c(-n5[c](=[Pt])n(-c6c(-c7cc(-c8ccccc8)cc(-c8ccccc8)c7)cccc6-c6cc(-c7ccccc7)cc(-c7ccccc7)c6)c6ccccc65)ccc4)ccc3c3ccccc32)ncc1-c1cncnc1. The van der Waals surface area contributed by atoms with Gasteiger partial charge >= 0.3 is 436 Å². The van der Waals surface area contributed by atoms with Crippen molar-refractivity contribution in [2.45, 2.75) is 6.92 Å². The van der Waals surface area contributed by atoms with E-state index in [1.165, 1.54) is 0 Å². The van der Waals surface area contributed by atoms with E-state index in [-0.39, 0.29) is 0 Å². The van der Waals surface area contributed by atoms with Crippen LogP contribution in [0.1, 0.15) is 5.56 Å². The van der Waals surface area contributed by atoms with Gasteiger partial charge in [0.25, 0.3) is 0 Å². The van der Waals surface area contributed by atoms with Crippen LogP contribution in [-0.4, -0.2) is 28.7 Å². The van der Waals surface area contributed by atoms with Crippen LogP contribution < -0.4 is 4.74 Å². The molecule has 11 aromatic carbocycles. The average molecular weight is 1270 g/mol. The Morgan fingerprint density at radius 2 is 0.847 bits per heavy atom. The molecule has 85 heavy (non-hydrogen) atoms. The summed E-state index contributed by atoms with van der Waals surface area (Å²) >= 11 is 2.52. The topological polar surface area (TPSA) is 62.7 Å². The first-order valence-corrected chi connectivity index (χ1v) is 29.3. The number of hydrogen-bond donors (Lipinski definition) is 0. The summed E-state index contributed by atoms with van der Waals surface area (Å²) in [5.74, 6) is 1.89. The van der Waals surface area contributed by atoms with Crippen molar-refractivity contribution < 1.29 is 24.1 Å². The molecule has 7 nitrogen and oxygen atoms in total. The molecule has 0 N–H and O–H groups in total. The molecule has 15 rings (SSSR count). The van der Waals surface area contributed by atoms with Crippen LogP contribution in [0.5, 0.6) is 11.5 Å². The molecule has 0 unspecified atom stereocenters. The molecule has 406 valence electrons. The van der Waals surface area contributed by atoms with Crippen LogP contribution in [0.3, 0.4) is 0 Å². The predicted molar refractivity (Wildman–Crippen MR) is 341 cm³/mol. The fourth-order valence-electron chi connectivity index (χ4n) is 11.9. The summed E-state index contributed by atoms with van der Waals surface area (Å²) in [5, 5.41) is 2.14. The standard InChI is InChI=1S/C77H50N6O.Pt/c1-52-38-76(80-49-71(52)63-47-78-50-79-48-63)83-72-33-15-14-30-69(72)70-37-36-66(46-75(70)83)84-65-29-18-28-64(45-65)81-51-82(74-35-17-16-34-73(74)81)77-67(61-41-57(53-20-6-2-7-21-53)39-58(42-61)54-22-8-3-9-23-54)31-19-32-68(77)62-43-59(55-24-10-4-11-25-55)40-60(44-62)56-26-12-5-13-27-56;/h2-44,47-50H,1H3;/q-2;. The van der Waals surface area contributed by atoms with E-state index in [1.807, 2.05) is 36.8 Å². The van der Waals surface area contributed by atoms with Crippen LogP contribution in [0.15, 0.2) is 286 Å². The van der Waals surface area contributed by atoms with Gasteiger partial charge in [-0.15, -0.1) is 0 Å². The second-order valence-corrected chi connectivity index (χ2v) is 22.1. The molecule has 0 aliphatic heterocycles. The number of fused-ring (bicyclic) bond motifs is 4. The summed E-state index contributed by atoms with van der Waals surface area (Å²) in [5.41, 5.74) is 22.3. The van der Waals surface area contributed by atoms with Crippen molar-refractivity contribution >= 4 is 32.8 Å². The molecule has 0 radical (unpaired) electrons. The minimum absolute atomic E-state index is 0.554. The van der Waals surface area contributed by atoms with Gasteiger partial charge in [-0.3, -0.25) is 0 Å². The van der Waals surface area contributed by atoms with Gasteiger partial charge in [0.2, 0.25) is 0 Å². The Hall–Kier alpha value is -10.6. The third-order valence-corrected chi connectivity index (χ3v) is 16.9. The van der Waals surface area contributed by atoms with Gasteiger partial charge in [-0.05, 0) is 12.5 Å². The van der Waals surface area contributed by atoms with Crippen molar-refractivity contribution in [2.24, 2.45) is 0 Å². The molecule has 8 heteroatoms. The number of aryl methyl sites for hydroxylation is 1. The summed E-state index contributed by atoms with van der Waals surface area (Å²) in [4.78, 5) is 13.5. The Kier molecular flexibility index (Phi) is 13.2. The Morgan fingerprint density at radius 3 is 1.40 bits per heavy atom. The molecule has 0 fully saturated rings. The summed E-state index contributed by atoms with van der Waals surface area (Å²) in [6, 6.07) is 100. The molecule has 0 aliphatic carbocycles. The van der Waals surface area contributed by atoms with Crippen molar-refractivity contribution in [2.75, 3.05) is 0 Å².